The lowest BCUT2D eigenvalue weighted by Gasteiger charge is -2.34. The molecule has 1 amide bonds. The van der Waals surface area contributed by atoms with Gasteiger partial charge in [-0.2, -0.15) is 0 Å². The number of carbonyl (C=O) groups excluding carboxylic acids is 1. The zero-order chi connectivity index (χ0) is 16.2. The van der Waals surface area contributed by atoms with Crippen LogP contribution >= 0.6 is 0 Å². The van der Waals surface area contributed by atoms with Crippen LogP contribution in [0, 0.1) is 5.82 Å². The predicted octanol–water partition coefficient (Wildman–Crippen LogP) is 2.33. The van der Waals surface area contributed by atoms with E-state index in [2.05, 4.69) is 9.88 Å². The van der Waals surface area contributed by atoms with Crippen LogP contribution in [0.25, 0.3) is 0 Å². The van der Waals surface area contributed by atoms with E-state index in [4.69, 9.17) is 4.42 Å². The van der Waals surface area contributed by atoms with E-state index in [0.29, 0.717) is 37.5 Å². The first-order valence-corrected chi connectivity index (χ1v) is 7.86. The van der Waals surface area contributed by atoms with Gasteiger partial charge in [0.05, 0.1) is 0 Å². The molecule has 0 radical (unpaired) electrons. The number of amides is 1. The molecule has 1 aromatic heterocycles. The zero-order valence-corrected chi connectivity index (χ0v) is 13.2. The Kier molecular flexibility index (Phi) is 4.71. The Morgan fingerprint density at radius 2 is 2.09 bits per heavy atom. The summed E-state index contributed by atoms with van der Waals surface area (Å²) in [6.07, 6.45) is 1.98. The Morgan fingerprint density at radius 3 is 2.78 bits per heavy atom. The number of piperazine rings is 1. The van der Waals surface area contributed by atoms with Gasteiger partial charge in [-0.05, 0) is 17.7 Å². The second kappa shape index (κ2) is 6.91. The molecule has 23 heavy (non-hydrogen) atoms. The van der Waals surface area contributed by atoms with E-state index < -0.39 is 0 Å². The number of hydrogen-bond donors (Lipinski definition) is 0. The second-order valence-electron chi connectivity index (χ2n) is 5.68. The predicted molar refractivity (Wildman–Crippen MR) is 83.5 cm³/mol. The lowest BCUT2D eigenvalue weighted by Crippen LogP contribution is -2.48. The number of aryl methyl sites for hydroxylation is 1. The normalized spacial score (nSPS) is 15.8. The minimum atomic E-state index is -0.213. The number of aromatic nitrogens is 1. The molecule has 6 heteroatoms. The van der Waals surface area contributed by atoms with Crippen molar-refractivity contribution in [2.24, 2.45) is 0 Å². The van der Waals surface area contributed by atoms with E-state index >= 15 is 0 Å². The van der Waals surface area contributed by atoms with Crippen LogP contribution in [0.4, 0.5) is 4.39 Å². The molecule has 2 heterocycles. The molecule has 0 bridgehead atoms. The summed E-state index contributed by atoms with van der Waals surface area (Å²) in [4.78, 5) is 20.6. The van der Waals surface area contributed by atoms with Crippen molar-refractivity contribution >= 4 is 5.91 Å². The van der Waals surface area contributed by atoms with Gasteiger partial charge in [0.15, 0.2) is 12.1 Å². The molecule has 3 rings (SSSR count). The standard InChI is InChI=1S/C17H20FN3O2/c1-2-15-16(19-12-23-15)17(22)21-8-6-20(7-9-21)11-13-4-3-5-14(18)10-13/h3-5,10,12H,2,6-9,11H2,1H3. The summed E-state index contributed by atoms with van der Waals surface area (Å²) < 4.78 is 18.5. The summed E-state index contributed by atoms with van der Waals surface area (Å²) in [5.74, 6) is 0.354. The van der Waals surface area contributed by atoms with Gasteiger partial charge in [-0.15, -0.1) is 0 Å². The minimum absolute atomic E-state index is 0.0685. The Labute approximate surface area is 134 Å². The number of oxazole rings is 1. The Bertz CT molecular complexity index is 678. The van der Waals surface area contributed by atoms with Crippen molar-refractivity contribution in [2.75, 3.05) is 26.2 Å². The average molecular weight is 317 g/mol. The second-order valence-corrected chi connectivity index (χ2v) is 5.68. The van der Waals surface area contributed by atoms with Crippen LogP contribution in [0.5, 0.6) is 0 Å². The van der Waals surface area contributed by atoms with Gasteiger partial charge in [-0.3, -0.25) is 9.69 Å². The maximum Gasteiger partial charge on any atom is 0.276 e. The highest BCUT2D eigenvalue weighted by atomic mass is 19.1. The van der Waals surface area contributed by atoms with E-state index in [0.717, 1.165) is 18.7 Å². The Balaban J connectivity index is 1.57. The van der Waals surface area contributed by atoms with Gasteiger partial charge in [0.25, 0.3) is 5.91 Å². The van der Waals surface area contributed by atoms with Crippen LogP contribution in [0.2, 0.25) is 0 Å². The third-order valence-corrected chi connectivity index (χ3v) is 4.12. The molecule has 0 N–H and O–H groups in total. The number of carbonyl (C=O) groups is 1. The SMILES string of the molecule is CCc1ocnc1C(=O)N1CCN(Cc2cccc(F)c2)CC1. The first kappa shape index (κ1) is 15.7. The summed E-state index contributed by atoms with van der Waals surface area (Å²) in [5, 5.41) is 0. The molecule has 1 fully saturated rings. The maximum atomic E-state index is 13.2. The number of halogens is 1. The first-order valence-electron chi connectivity index (χ1n) is 7.86. The van der Waals surface area contributed by atoms with Crippen LogP contribution < -0.4 is 0 Å². The van der Waals surface area contributed by atoms with E-state index in [1.54, 1.807) is 17.0 Å². The van der Waals surface area contributed by atoms with Crippen molar-refractivity contribution in [3.8, 4) is 0 Å². The van der Waals surface area contributed by atoms with Gasteiger partial charge < -0.3 is 9.32 Å². The van der Waals surface area contributed by atoms with Crippen molar-refractivity contribution < 1.29 is 13.6 Å². The lowest BCUT2D eigenvalue weighted by molar-refractivity contribution is 0.0621. The van der Waals surface area contributed by atoms with E-state index in [1.165, 1.54) is 12.5 Å². The van der Waals surface area contributed by atoms with E-state index in [-0.39, 0.29) is 11.7 Å². The smallest absolute Gasteiger partial charge is 0.276 e. The largest absolute Gasteiger partial charge is 0.448 e. The van der Waals surface area contributed by atoms with Gasteiger partial charge in [-0.1, -0.05) is 19.1 Å². The van der Waals surface area contributed by atoms with Gasteiger partial charge in [0, 0.05) is 39.1 Å². The molecule has 0 atom stereocenters. The molecular weight excluding hydrogens is 297 g/mol. The summed E-state index contributed by atoms with van der Waals surface area (Å²) in [5.41, 5.74) is 1.38. The summed E-state index contributed by atoms with van der Waals surface area (Å²) >= 11 is 0. The number of nitrogens with zero attached hydrogens (tertiary/aromatic N) is 3. The van der Waals surface area contributed by atoms with Crippen molar-refractivity contribution in [1.82, 2.24) is 14.8 Å². The Hall–Kier alpha value is -2.21. The third kappa shape index (κ3) is 3.59. The van der Waals surface area contributed by atoms with Crippen LogP contribution in [0.3, 0.4) is 0 Å². The molecule has 1 aliphatic rings. The first-order chi connectivity index (χ1) is 11.2. The fourth-order valence-corrected chi connectivity index (χ4v) is 2.85. The fourth-order valence-electron chi connectivity index (χ4n) is 2.85. The monoisotopic (exact) mass is 317 g/mol. The molecule has 0 spiro atoms. The molecule has 5 nitrogen and oxygen atoms in total. The minimum Gasteiger partial charge on any atom is -0.448 e. The summed E-state index contributed by atoms with van der Waals surface area (Å²) in [6, 6.07) is 6.65. The van der Waals surface area contributed by atoms with Gasteiger partial charge in [0.2, 0.25) is 0 Å². The van der Waals surface area contributed by atoms with Gasteiger partial charge >= 0.3 is 0 Å². The summed E-state index contributed by atoms with van der Waals surface area (Å²) in [7, 11) is 0. The molecule has 1 aliphatic heterocycles. The fraction of sp³-hybridized carbons (Fsp3) is 0.412. The molecule has 1 aromatic carbocycles. The topological polar surface area (TPSA) is 49.6 Å². The zero-order valence-electron chi connectivity index (χ0n) is 13.2. The molecule has 0 aliphatic carbocycles. The maximum absolute atomic E-state index is 13.2. The average Bonchev–Trinajstić information content (AvgIpc) is 3.03. The van der Waals surface area contributed by atoms with Crippen LogP contribution in [0.15, 0.2) is 35.1 Å². The molecule has 0 saturated carbocycles. The van der Waals surface area contributed by atoms with Crippen molar-refractivity contribution in [1.29, 1.82) is 0 Å². The van der Waals surface area contributed by atoms with Crippen molar-refractivity contribution in [3.05, 3.63) is 53.5 Å². The number of hydrogen-bond acceptors (Lipinski definition) is 4. The van der Waals surface area contributed by atoms with Crippen molar-refractivity contribution in [2.45, 2.75) is 19.9 Å². The van der Waals surface area contributed by atoms with Gasteiger partial charge in [0.1, 0.15) is 11.6 Å². The number of benzene rings is 1. The quantitative estimate of drug-likeness (QED) is 0.868. The summed E-state index contributed by atoms with van der Waals surface area (Å²) in [6.45, 7) is 5.45. The molecule has 122 valence electrons. The highest BCUT2D eigenvalue weighted by Crippen LogP contribution is 2.14. The third-order valence-electron chi connectivity index (χ3n) is 4.12. The number of rotatable bonds is 4. The van der Waals surface area contributed by atoms with E-state index in [9.17, 15) is 9.18 Å². The van der Waals surface area contributed by atoms with E-state index in [1.807, 2.05) is 13.0 Å². The molecular formula is C17H20FN3O2. The highest BCUT2D eigenvalue weighted by molar-refractivity contribution is 5.93. The molecule has 0 unspecified atom stereocenters. The molecule has 2 aromatic rings. The highest BCUT2D eigenvalue weighted by Gasteiger charge is 2.25. The Morgan fingerprint density at radius 1 is 1.30 bits per heavy atom. The molecule has 1 saturated heterocycles. The lowest BCUT2D eigenvalue weighted by atomic mass is 10.2. The van der Waals surface area contributed by atoms with Crippen LogP contribution in [-0.4, -0.2) is 46.9 Å². The van der Waals surface area contributed by atoms with Crippen LogP contribution in [-0.2, 0) is 13.0 Å². The van der Waals surface area contributed by atoms with Gasteiger partial charge in [-0.25, -0.2) is 9.37 Å². The van der Waals surface area contributed by atoms with Crippen LogP contribution in [0.1, 0.15) is 28.7 Å². The van der Waals surface area contributed by atoms with Crippen molar-refractivity contribution in [3.63, 3.8) is 0 Å².